The lowest BCUT2D eigenvalue weighted by atomic mass is 9.95. The van der Waals surface area contributed by atoms with Crippen LogP contribution in [-0.4, -0.2) is 44.4 Å². The first-order chi connectivity index (χ1) is 16.3. The monoisotopic (exact) mass is 471 g/mol. The number of nitrogens with one attached hydrogen (secondary N) is 1. The van der Waals surface area contributed by atoms with Gasteiger partial charge in [-0.3, -0.25) is 14.8 Å². The molecule has 6 nitrogen and oxygen atoms in total. The predicted molar refractivity (Wildman–Crippen MR) is 116 cm³/mol. The summed E-state index contributed by atoms with van der Waals surface area (Å²) in [6.45, 7) is 0.904. The minimum Gasteiger partial charge on any atom is -0.368 e. The van der Waals surface area contributed by atoms with Crippen molar-refractivity contribution in [3.8, 4) is 11.4 Å². The molecule has 3 aromatic rings. The maximum absolute atomic E-state index is 14.4. The van der Waals surface area contributed by atoms with Gasteiger partial charge in [0.05, 0.1) is 16.7 Å². The second-order valence-electron chi connectivity index (χ2n) is 8.77. The minimum atomic E-state index is -4.45. The predicted octanol–water partition coefficient (Wildman–Crippen LogP) is 4.80. The van der Waals surface area contributed by atoms with E-state index in [4.69, 9.17) is 0 Å². The topological polar surface area (TPSA) is 71.0 Å². The first-order valence-corrected chi connectivity index (χ1v) is 10.9. The second kappa shape index (κ2) is 8.34. The van der Waals surface area contributed by atoms with Crippen LogP contribution in [0.4, 0.5) is 23.4 Å². The Kier molecular flexibility index (Phi) is 5.45. The van der Waals surface area contributed by atoms with Crippen molar-refractivity contribution < 1.29 is 22.4 Å². The van der Waals surface area contributed by atoms with Crippen LogP contribution in [0.3, 0.4) is 0 Å². The van der Waals surface area contributed by atoms with Crippen LogP contribution in [0.2, 0.25) is 0 Å². The quantitative estimate of drug-likeness (QED) is 0.541. The van der Waals surface area contributed by atoms with E-state index in [1.807, 2.05) is 0 Å². The molecule has 0 aromatic carbocycles. The fraction of sp³-hybridized carbons (Fsp3) is 0.333. The van der Waals surface area contributed by atoms with Gasteiger partial charge in [-0.15, -0.1) is 0 Å². The highest BCUT2D eigenvalue weighted by Crippen LogP contribution is 2.47. The number of rotatable bonds is 5. The summed E-state index contributed by atoms with van der Waals surface area (Å²) in [7, 11) is 0. The van der Waals surface area contributed by atoms with E-state index in [1.165, 1.54) is 30.6 Å². The lowest BCUT2D eigenvalue weighted by Gasteiger charge is -2.39. The molecule has 176 valence electrons. The van der Waals surface area contributed by atoms with E-state index in [1.54, 1.807) is 17.0 Å². The van der Waals surface area contributed by atoms with Crippen LogP contribution in [0, 0.1) is 11.7 Å². The molecule has 1 aliphatic heterocycles. The molecule has 1 saturated carbocycles. The first-order valence-electron chi connectivity index (χ1n) is 10.9. The summed E-state index contributed by atoms with van der Waals surface area (Å²) >= 11 is 0. The van der Waals surface area contributed by atoms with Crippen molar-refractivity contribution in [1.82, 2.24) is 19.9 Å². The molecule has 1 saturated heterocycles. The van der Waals surface area contributed by atoms with Crippen molar-refractivity contribution in [3.63, 3.8) is 0 Å². The van der Waals surface area contributed by atoms with Gasteiger partial charge in [0.2, 0.25) is 0 Å². The normalized spacial score (nSPS) is 21.6. The second-order valence-corrected chi connectivity index (χ2v) is 8.77. The average Bonchev–Trinajstić information content (AvgIpc) is 3.41. The van der Waals surface area contributed by atoms with Crippen LogP contribution in [0.25, 0.3) is 11.4 Å². The number of likely N-dealkylation sites (tertiary alicyclic amines) is 1. The van der Waals surface area contributed by atoms with Crippen molar-refractivity contribution >= 4 is 11.7 Å². The molecule has 2 fully saturated rings. The summed E-state index contributed by atoms with van der Waals surface area (Å²) in [6, 6.07) is 8.25. The molecule has 34 heavy (non-hydrogen) atoms. The third-order valence-corrected chi connectivity index (χ3v) is 6.66. The van der Waals surface area contributed by atoms with E-state index < -0.39 is 23.1 Å². The number of alkyl halides is 3. The number of nitrogens with zero attached hydrogens (tertiary/aromatic N) is 4. The Labute approximate surface area is 193 Å². The molecular weight excluding hydrogens is 450 g/mol. The van der Waals surface area contributed by atoms with Gasteiger partial charge in [0, 0.05) is 31.7 Å². The largest absolute Gasteiger partial charge is 0.417 e. The van der Waals surface area contributed by atoms with Crippen LogP contribution < -0.4 is 5.32 Å². The highest BCUT2D eigenvalue weighted by Gasteiger charge is 2.52. The fourth-order valence-electron chi connectivity index (χ4n) is 5.01. The van der Waals surface area contributed by atoms with Gasteiger partial charge in [-0.05, 0) is 61.6 Å². The molecule has 2 atom stereocenters. The number of anilines is 1. The minimum absolute atomic E-state index is 0.0111. The number of halogens is 4. The SMILES string of the molecule is O=C(c1cccnc1-c1ncccc1F)N1CC2CCC1(CNc1ccc(C(F)(F)F)cn1)C2. The van der Waals surface area contributed by atoms with E-state index in [2.05, 4.69) is 20.3 Å². The first kappa shape index (κ1) is 22.2. The maximum atomic E-state index is 14.4. The Morgan fingerprint density at radius 1 is 1.09 bits per heavy atom. The molecule has 3 aromatic heterocycles. The summed E-state index contributed by atoms with van der Waals surface area (Å²) < 4.78 is 52.9. The number of carbonyl (C=O) groups excluding carboxylic acids is 1. The van der Waals surface area contributed by atoms with E-state index in [0.717, 1.165) is 31.5 Å². The zero-order chi connectivity index (χ0) is 23.9. The summed E-state index contributed by atoms with van der Waals surface area (Å²) in [5.41, 5.74) is -0.875. The number of amides is 1. The van der Waals surface area contributed by atoms with Crippen molar-refractivity contribution in [1.29, 1.82) is 0 Å². The fourth-order valence-corrected chi connectivity index (χ4v) is 5.01. The zero-order valence-electron chi connectivity index (χ0n) is 18.0. The lowest BCUT2D eigenvalue weighted by Crippen LogP contribution is -2.52. The smallest absolute Gasteiger partial charge is 0.368 e. The molecule has 10 heteroatoms. The van der Waals surface area contributed by atoms with Gasteiger partial charge >= 0.3 is 6.18 Å². The molecule has 2 unspecified atom stereocenters. The Morgan fingerprint density at radius 3 is 2.53 bits per heavy atom. The Bertz CT molecular complexity index is 1220. The van der Waals surface area contributed by atoms with E-state index in [9.17, 15) is 22.4 Å². The van der Waals surface area contributed by atoms with Crippen LogP contribution in [-0.2, 0) is 6.18 Å². The maximum Gasteiger partial charge on any atom is 0.417 e. The number of aromatic nitrogens is 3. The number of fused-ring (bicyclic) bond motifs is 2. The molecule has 0 radical (unpaired) electrons. The lowest BCUT2D eigenvalue weighted by molar-refractivity contribution is -0.137. The molecule has 2 bridgehead atoms. The molecule has 2 aliphatic rings. The number of carbonyl (C=O) groups is 1. The van der Waals surface area contributed by atoms with Crippen molar-refractivity contribution in [3.05, 3.63) is 71.9 Å². The molecule has 0 spiro atoms. The van der Waals surface area contributed by atoms with Gasteiger partial charge in [0.15, 0.2) is 5.82 Å². The number of hydrogen-bond donors (Lipinski definition) is 1. The average molecular weight is 471 g/mol. The third kappa shape index (κ3) is 3.97. The standard InChI is InChI=1S/C24H21F4N5O/c25-18-4-2-10-30-21(18)20-17(3-1-9-29-20)22(34)33-13-15-7-8-23(33,11-15)14-32-19-6-5-16(12-31-19)24(26,27)28/h1-6,9-10,12,15H,7-8,11,13-14H2,(H,31,32). The van der Waals surface area contributed by atoms with Crippen molar-refractivity contribution in [2.24, 2.45) is 5.92 Å². The van der Waals surface area contributed by atoms with Crippen LogP contribution in [0.15, 0.2) is 55.0 Å². The molecule has 4 heterocycles. The van der Waals surface area contributed by atoms with Crippen molar-refractivity contribution in [2.75, 3.05) is 18.4 Å². The van der Waals surface area contributed by atoms with Gasteiger partial charge in [0.1, 0.15) is 17.2 Å². The van der Waals surface area contributed by atoms with Crippen LogP contribution in [0.1, 0.15) is 35.2 Å². The summed E-state index contributed by atoms with van der Waals surface area (Å²) in [5, 5.41) is 3.12. The van der Waals surface area contributed by atoms with Gasteiger partial charge in [-0.1, -0.05) is 0 Å². The summed E-state index contributed by atoms with van der Waals surface area (Å²) in [6.07, 6.45) is 1.77. The zero-order valence-corrected chi connectivity index (χ0v) is 18.0. The molecule has 1 amide bonds. The van der Waals surface area contributed by atoms with Crippen LogP contribution >= 0.6 is 0 Å². The van der Waals surface area contributed by atoms with E-state index >= 15 is 0 Å². The van der Waals surface area contributed by atoms with Crippen LogP contribution in [0.5, 0.6) is 0 Å². The van der Waals surface area contributed by atoms with Gasteiger partial charge < -0.3 is 10.2 Å². The van der Waals surface area contributed by atoms with Gasteiger partial charge in [-0.2, -0.15) is 13.2 Å². The Hall–Kier alpha value is -3.56. The Morgan fingerprint density at radius 2 is 1.85 bits per heavy atom. The Balaban J connectivity index is 1.39. The summed E-state index contributed by atoms with van der Waals surface area (Å²) in [4.78, 5) is 27.7. The summed E-state index contributed by atoms with van der Waals surface area (Å²) in [5.74, 6) is -0.193. The molecule has 1 N–H and O–H groups in total. The van der Waals surface area contributed by atoms with Gasteiger partial charge in [0.25, 0.3) is 5.91 Å². The number of pyridine rings is 3. The van der Waals surface area contributed by atoms with E-state index in [0.29, 0.717) is 24.8 Å². The molecule has 5 rings (SSSR count). The third-order valence-electron chi connectivity index (χ3n) is 6.66. The number of piperidine rings is 1. The number of hydrogen-bond acceptors (Lipinski definition) is 5. The molecular formula is C24H21F4N5O. The highest BCUT2D eigenvalue weighted by atomic mass is 19.4. The highest BCUT2D eigenvalue weighted by molar-refractivity contribution is 6.00. The van der Waals surface area contributed by atoms with E-state index in [-0.39, 0.29) is 22.9 Å². The van der Waals surface area contributed by atoms with Crippen molar-refractivity contribution in [2.45, 2.75) is 31.0 Å². The molecule has 1 aliphatic carbocycles. The van der Waals surface area contributed by atoms with Gasteiger partial charge in [-0.25, -0.2) is 9.37 Å².